The predicted octanol–water partition coefficient (Wildman–Crippen LogP) is 2.72. The summed E-state index contributed by atoms with van der Waals surface area (Å²) < 4.78 is 5.69. The Morgan fingerprint density at radius 3 is 2.73 bits per heavy atom. The number of hydrogen-bond donors (Lipinski definition) is 2. The van der Waals surface area contributed by atoms with E-state index in [9.17, 15) is 9.59 Å². The Morgan fingerprint density at radius 1 is 1.12 bits per heavy atom. The summed E-state index contributed by atoms with van der Waals surface area (Å²) in [6.07, 6.45) is 0. The first-order chi connectivity index (χ1) is 12.5. The van der Waals surface area contributed by atoms with Crippen molar-refractivity contribution in [1.29, 1.82) is 0 Å². The number of fused-ring (bicyclic) bond motifs is 1. The second kappa shape index (κ2) is 7.84. The minimum atomic E-state index is -0.335. The van der Waals surface area contributed by atoms with Gasteiger partial charge in [0.05, 0.1) is 5.56 Å². The van der Waals surface area contributed by atoms with Crippen molar-refractivity contribution in [2.45, 2.75) is 0 Å². The summed E-state index contributed by atoms with van der Waals surface area (Å²) in [5.41, 5.74) is 1.27. The standard InChI is InChI=1S/C20H21N3O3/c1-23(2)10-11-26-15-7-5-6-14(12-15)21-20(25)17-13-19(24)22-18-9-4-3-8-16(17)18/h3-9,12-13H,10-11H2,1-2H3,(H,21,25)(H,22,24). The van der Waals surface area contributed by atoms with E-state index in [1.807, 2.05) is 43.3 Å². The van der Waals surface area contributed by atoms with Gasteiger partial charge in [-0.1, -0.05) is 24.3 Å². The molecule has 134 valence electrons. The summed E-state index contributed by atoms with van der Waals surface area (Å²) in [7, 11) is 3.96. The van der Waals surface area contributed by atoms with E-state index in [0.29, 0.717) is 34.5 Å². The van der Waals surface area contributed by atoms with E-state index in [2.05, 4.69) is 10.3 Å². The average molecular weight is 351 g/mol. The molecule has 0 aliphatic carbocycles. The van der Waals surface area contributed by atoms with Gasteiger partial charge in [-0.05, 0) is 32.3 Å². The lowest BCUT2D eigenvalue weighted by atomic mass is 10.1. The Morgan fingerprint density at radius 2 is 1.92 bits per heavy atom. The van der Waals surface area contributed by atoms with E-state index in [4.69, 9.17) is 4.74 Å². The summed E-state index contributed by atoms with van der Waals surface area (Å²) >= 11 is 0. The molecule has 1 aromatic heterocycles. The number of H-pyrrole nitrogens is 1. The number of amides is 1. The molecular weight excluding hydrogens is 330 g/mol. The molecule has 0 saturated heterocycles. The molecule has 0 saturated carbocycles. The van der Waals surface area contributed by atoms with Gasteiger partial charge in [0.2, 0.25) is 5.56 Å². The van der Waals surface area contributed by atoms with Crippen LogP contribution in [0.2, 0.25) is 0 Å². The molecule has 6 nitrogen and oxygen atoms in total. The largest absolute Gasteiger partial charge is 0.492 e. The van der Waals surface area contributed by atoms with Gasteiger partial charge in [0, 0.05) is 35.3 Å². The Labute approximate surface area is 151 Å². The SMILES string of the molecule is CN(C)CCOc1cccc(NC(=O)c2cc(=O)[nH]c3ccccc23)c1. The van der Waals surface area contributed by atoms with E-state index >= 15 is 0 Å². The molecule has 1 amide bonds. The molecular formula is C20H21N3O3. The average Bonchev–Trinajstić information content (AvgIpc) is 2.61. The van der Waals surface area contributed by atoms with Crippen LogP contribution in [0.3, 0.4) is 0 Å². The number of para-hydroxylation sites is 1. The zero-order valence-corrected chi connectivity index (χ0v) is 14.8. The number of aromatic nitrogens is 1. The second-order valence-electron chi connectivity index (χ2n) is 6.23. The molecule has 6 heteroatoms. The number of nitrogens with zero attached hydrogens (tertiary/aromatic N) is 1. The maximum Gasteiger partial charge on any atom is 0.256 e. The van der Waals surface area contributed by atoms with Crippen molar-refractivity contribution < 1.29 is 9.53 Å². The van der Waals surface area contributed by atoms with Gasteiger partial charge < -0.3 is 19.9 Å². The quantitative estimate of drug-likeness (QED) is 0.716. The van der Waals surface area contributed by atoms with Gasteiger partial charge in [-0.25, -0.2) is 0 Å². The van der Waals surface area contributed by atoms with Crippen LogP contribution in [0.15, 0.2) is 59.4 Å². The number of carbonyl (C=O) groups excluding carboxylic acids is 1. The van der Waals surface area contributed by atoms with Crippen molar-refractivity contribution in [3.05, 3.63) is 70.5 Å². The van der Waals surface area contributed by atoms with Crippen molar-refractivity contribution in [3.8, 4) is 5.75 Å². The molecule has 2 N–H and O–H groups in total. The molecule has 0 aliphatic rings. The Bertz CT molecular complexity index is 979. The minimum Gasteiger partial charge on any atom is -0.492 e. The Balaban J connectivity index is 1.79. The number of ether oxygens (including phenoxy) is 1. The normalized spacial score (nSPS) is 10.9. The van der Waals surface area contributed by atoms with Crippen LogP contribution < -0.4 is 15.6 Å². The fourth-order valence-corrected chi connectivity index (χ4v) is 2.60. The third-order valence-corrected chi connectivity index (χ3v) is 3.89. The van der Waals surface area contributed by atoms with Crippen LogP contribution in [0.1, 0.15) is 10.4 Å². The molecule has 0 fully saturated rings. The molecule has 26 heavy (non-hydrogen) atoms. The molecule has 0 unspecified atom stereocenters. The van der Waals surface area contributed by atoms with Crippen molar-refractivity contribution in [3.63, 3.8) is 0 Å². The Hall–Kier alpha value is -3.12. The van der Waals surface area contributed by atoms with Crippen LogP contribution in [0.25, 0.3) is 10.9 Å². The van der Waals surface area contributed by atoms with Gasteiger partial charge in [0.15, 0.2) is 0 Å². The number of rotatable bonds is 6. The lowest BCUT2D eigenvalue weighted by Crippen LogP contribution is -2.19. The molecule has 2 aromatic carbocycles. The third kappa shape index (κ3) is 4.29. The molecule has 0 bridgehead atoms. The van der Waals surface area contributed by atoms with Gasteiger partial charge in [-0.15, -0.1) is 0 Å². The number of likely N-dealkylation sites (N-methyl/N-ethyl adjacent to an activating group) is 1. The number of benzene rings is 2. The van der Waals surface area contributed by atoms with Crippen LogP contribution in [-0.4, -0.2) is 43.0 Å². The summed E-state index contributed by atoms with van der Waals surface area (Å²) in [6, 6.07) is 15.7. The second-order valence-corrected chi connectivity index (χ2v) is 6.23. The van der Waals surface area contributed by atoms with Gasteiger partial charge in [-0.2, -0.15) is 0 Å². The molecule has 0 radical (unpaired) electrons. The van der Waals surface area contributed by atoms with E-state index in [-0.39, 0.29) is 11.5 Å². The monoisotopic (exact) mass is 351 g/mol. The number of nitrogens with one attached hydrogen (secondary N) is 2. The minimum absolute atomic E-state index is 0.311. The van der Waals surface area contributed by atoms with Crippen LogP contribution in [0.5, 0.6) is 5.75 Å². The lowest BCUT2D eigenvalue weighted by Gasteiger charge is -2.12. The first kappa shape index (κ1) is 17.7. The van der Waals surface area contributed by atoms with E-state index in [1.54, 1.807) is 24.3 Å². The zero-order valence-electron chi connectivity index (χ0n) is 14.8. The van der Waals surface area contributed by atoms with E-state index in [1.165, 1.54) is 6.07 Å². The van der Waals surface area contributed by atoms with Gasteiger partial charge in [0.1, 0.15) is 12.4 Å². The van der Waals surface area contributed by atoms with E-state index in [0.717, 1.165) is 6.54 Å². The summed E-state index contributed by atoms with van der Waals surface area (Å²) in [5, 5.41) is 3.53. The van der Waals surface area contributed by atoms with Crippen LogP contribution >= 0.6 is 0 Å². The topological polar surface area (TPSA) is 74.4 Å². The van der Waals surface area contributed by atoms with Crippen LogP contribution in [0.4, 0.5) is 5.69 Å². The van der Waals surface area contributed by atoms with Gasteiger partial charge in [-0.3, -0.25) is 9.59 Å². The number of anilines is 1. The van der Waals surface area contributed by atoms with Gasteiger partial charge in [0.25, 0.3) is 5.91 Å². The smallest absolute Gasteiger partial charge is 0.256 e. The maximum atomic E-state index is 12.7. The fourth-order valence-electron chi connectivity index (χ4n) is 2.60. The van der Waals surface area contributed by atoms with Crippen molar-refractivity contribution in [2.24, 2.45) is 0 Å². The first-order valence-corrected chi connectivity index (χ1v) is 8.34. The summed E-state index contributed by atoms with van der Waals surface area (Å²) in [6.45, 7) is 1.36. The fraction of sp³-hybridized carbons (Fsp3) is 0.200. The number of aromatic amines is 1. The zero-order chi connectivity index (χ0) is 18.5. The summed E-state index contributed by atoms with van der Waals surface area (Å²) in [4.78, 5) is 29.3. The number of hydrogen-bond acceptors (Lipinski definition) is 4. The molecule has 0 aliphatic heterocycles. The highest BCUT2D eigenvalue weighted by Crippen LogP contribution is 2.20. The summed E-state index contributed by atoms with van der Waals surface area (Å²) in [5.74, 6) is 0.346. The molecule has 0 spiro atoms. The number of carbonyl (C=O) groups is 1. The predicted molar refractivity (Wildman–Crippen MR) is 103 cm³/mol. The highest BCUT2D eigenvalue weighted by molar-refractivity contribution is 6.12. The maximum absolute atomic E-state index is 12.7. The molecule has 0 atom stereocenters. The van der Waals surface area contributed by atoms with Crippen LogP contribution in [0, 0.1) is 0 Å². The van der Waals surface area contributed by atoms with Crippen molar-refractivity contribution in [1.82, 2.24) is 9.88 Å². The molecule has 3 aromatic rings. The lowest BCUT2D eigenvalue weighted by molar-refractivity contribution is 0.102. The van der Waals surface area contributed by atoms with E-state index < -0.39 is 0 Å². The Kier molecular flexibility index (Phi) is 5.34. The van der Waals surface area contributed by atoms with Gasteiger partial charge >= 0.3 is 0 Å². The van der Waals surface area contributed by atoms with Crippen LogP contribution in [-0.2, 0) is 0 Å². The first-order valence-electron chi connectivity index (χ1n) is 8.34. The molecule has 3 rings (SSSR count). The number of pyridine rings is 1. The highest BCUT2D eigenvalue weighted by atomic mass is 16.5. The third-order valence-electron chi connectivity index (χ3n) is 3.89. The van der Waals surface area contributed by atoms with Crippen molar-refractivity contribution in [2.75, 3.05) is 32.6 Å². The highest BCUT2D eigenvalue weighted by Gasteiger charge is 2.12. The molecule has 1 heterocycles. The van der Waals surface area contributed by atoms with Crippen molar-refractivity contribution >= 4 is 22.5 Å².